The highest BCUT2D eigenvalue weighted by molar-refractivity contribution is 5.92. The Morgan fingerprint density at radius 3 is 2.69 bits per heavy atom. The van der Waals surface area contributed by atoms with Crippen LogP contribution in [-0.2, 0) is 4.74 Å². The van der Waals surface area contributed by atoms with E-state index >= 15 is 0 Å². The number of nitrogens with zero attached hydrogens (tertiary/aromatic N) is 4. The zero-order valence-corrected chi connectivity index (χ0v) is 19.0. The molecule has 8 nitrogen and oxygen atoms in total. The quantitative estimate of drug-likeness (QED) is 0.377. The molecule has 1 saturated heterocycles. The Morgan fingerprint density at radius 1 is 0.971 bits per heavy atom. The lowest BCUT2D eigenvalue weighted by molar-refractivity contribution is 0.0169. The molecule has 172 valence electrons. The van der Waals surface area contributed by atoms with Gasteiger partial charge in [-0.1, -0.05) is 12.1 Å². The second-order valence-corrected chi connectivity index (χ2v) is 8.54. The number of esters is 1. The fourth-order valence-corrected chi connectivity index (χ4v) is 4.09. The van der Waals surface area contributed by atoms with E-state index in [2.05, 4.69) is 36.3 Å². The van der Waals surface area contributed by atoms with Gasteiger partial charge in [-0.05, 0) is 49.4 Å². The molecule has 6 rings (SSSR count). The largest absolute Gasteiger partial charge is 0.456 e. The lowest BCUT2D eigenvalue weighted by atomic mass is 10.0. The van der Waals surface area contributed by atoms with Gasteiger partial charge in [-0.2, -0.15) is 0 Å². The van der Waals surface area contributed by atoms with Gasteiger partial charge in [0.2, 0.25) is 0 Å². The molecule has 2 N–H and O–H groups in total. The highest BCUT2D eigenvalue weighted by Crippen LogP contribution is 2.31. The Bertz CT molecular complexity index is 1560. The first-order valence-electron chi connectivity index (χ1n) is 11.4. The predicted molar refractivity (Wildman–Crippen MR) is 133 cm³/mol. The van der Waals surface area contributed by atoms with Crippen LogP contribution >= 0.6 is 0 Å². The van der Waals surface area contributed by atoms with Crippen LogP contribution in [0.2, 0.25) is 0 Å². The van der Waals surface area contributed by atoms with Crippen molar-refractivity contribution in [1.29, 1.82) is 0 Å². The molecule has 0 radical (unpaired) electrons. The number of hydrogen-bond acceptors (Lipinski definition) is 7. The topological polar surface area (TPSA) is 106 Å². The van der Waals surface area contributed by atoms with Crippen molar-refractivity contribution in [2.24, 2.45) is 0 Å². The monoisotopic (exact) mass is 462 g/mol. The van der Waals surface area contributed by atoms with E-state index in [4.69, 9.17) is 4.74 Å². The van der Waals surface area contributed by atoms with Crippen LogP contribution in [0.15, 0.2) is 73.3 Å². The summed E-state index contributed by atoms with van der Waals surface area (Å²) in [6, 6.07) is 17.4. The zero-order chi connectivity index (χ0) is 23.8. The van der Waals surface area contributed by atoms with Crippen molar-refractivity contribution in [3.8, 4) is 33.9 Å². The molecule has 1 aromatic carbocycles. The first-order valence-corrected chi connectivity index (χ1v) is 11.4. The minimum absolute atomic E-state index is 0.0678. The van der Waals surface area contributed by atoms with Crippen LogP contribution in [0.1, 0.15) is 16.1 Å². The number of nitrogens with one attached hydrogen (secondary N) is 2. The summed E-state index contributed by atoms with van der Waals surface area (Å²) in [4.78, 5) is 34.0. The van der Waals surface area contributed by atoms with Crippen LogP contribution in [0.5, 0.6) is 0 Å². The van der Waals surface area contributed by atoms with E-state index in [0.717, 1.165) is 44.8 Å². The maximum absolute atomic E-state index is 12.5. The van der Waals surface area contributed by atoms with Crippen LogP contribution in [0.3, 0.4) is 0 Å². The number of pyridine rings is 3. The molecule has 5 heterocycles. The summed E-state index contributed by atoms with van der Waals surface area (Å²) in [6.45, 7) is 3.35. The van der Waals surface area contributed by atoms with Crippen LogP contribution in [-0.4, -0.2) is 50.1 Å². The Kier molecular flexibility index (Phi) is 5.27. The number of fused-ring (bicyclic) bond motifs is 1. The minimum atomic E-state index is -0.341. The first kappa shape index (κ1) is 21.1. The van der Waals surface area contributed by atoms with E-state index in [1.54, 1.807) is 30.9 Å². The van der Waals surface area contributed by atoms with Crippen molar-refractivity contribution in [2.75, 3.05) is 13.1 Å². The van der Waals surface area contributed by atoms with E-state index in [1.165, 1.54) is 0 Å². The van der Waals surface area contributed by atoms with Gasteiger partial charge in [0.25, 0.3) is 0 Å². The van der Waals surface area contributed by atoms with Crippen LogP contribution < -0.4 is 5.32 Å². The molecule has 5 aromatic rings. The van der Waals surface area contributed by atoms with E-state index in [9.17, 15) is 4.79 Å². The molecule has 0 unspecified atom stereocenters. The number of rotatable bonds is 5. The smallest absolute Gasteiger partial charge is 0.338 e. The van der Waals surface area contributed by atoms with Crippen molar-refractivity contribution in [3.63, 3.8) is 0 Å². The lowest BCUT2D eigenvalue weighted by Gasteiger charge is -2.26. The third-order valence-electron chi connectivity index (χ3n) is 6.05. The molecule has 8 heteroatoms. The van der Waals surface area contributed by atoms with E-state index in [-0.39, 0.29) is 12.1 Å². The summed E-state index contributed by atoms with van der Waals surface area (Å²) in [5, 5.41) is 4.04. The van der Waals surface area contributed by atoms with Crippen molar-refractivity contribution in [3.05, 3.63) is 84.6 Å². The van der Waals surface area contributed by atoms with Crippen molar-refractivity contribution < 1.29 is 9.53 Å². The summed E-state index contributed by atoms with van der Waals surface area (Å²) >= 11 is 0. The van der Waals surface area contributed by atoms with Crippen molar-refractivity contribution in [2.45, 2.75) is 13.0 Å². The van der Waals surface area contributed by atoms with E-state index in [1.807, 2.05) is 43.3 Å². The predicted octanol–water partition coefficient (Wildman–Crippen LogP) is 4.19. The van der Waals surface area contributed by atoms with Crippen LogP contribution in [0, 0.1) is 6.92 Å². The number of aromatic nitrogens is 5. The molecular weight excluding hydrogens is 440 g/mol. The molecule has 0 aliphatic carbocycles. The molecule has 0 amide bonds. The van der Waals surface area contributed by atoms with Gasteiger partial charge in [0.05, 0.1) is 40.2 Å². The molecular formula is C27H22N6O2. The number of carbonyl (C=O) groups is 1. The molecule has 0 saturated carbocycles. The second kappa shape index (κ2) is 8.73. The molecule has 0 atom stereocenters. The van der Waals surface area contributed by atoms with Gasteiger partial charge in [0, 0.05) is 47.7 Å². The number of hydrogen-bond donors (Lipinski definition) is 2. The van der Waals surface area contributed by atoms with Crippen LogP contribution in [0.4, 0.5) is 0 Å². The molecule has 4 aromatic heterocycles. The lowest BCUT2D eigenvalue weighted by Crippen LogP contribution is -2.49. The molecule has 35 heavy (non-hydrogen) atoms. The average molecular weight is 463 g/mol. The van der Waals surface area contributed by atoms with Gasteiger partial charge in [0.15, 0.2) is 0 Å². The number of carbonyl (C=O) groups excluding carboxylic acids is 1. The van der Waals surface area contributed by atoms with Gasteiger partial charge in [0.1, 0.15) is 6.10 Å². The number of benzene rings is 1. The van der Waals surface area contributed by atoms with Gasteiger partial charge in [-0.3, -0.25) is 15.0 Å². The number of imidazole rings is 1. The maximum Gasteiger partial charge on any atom is 0.338 e. The van der Waals surface area contributed by atoms with Crippen LogP contribution in [0.25, 0.3) is 44.8 Å². The van der Waals surface area contributed by atoms with Gasteiger partial charge in [-0.25, -0.2) is 9.78 Å². The number of ether oxygens (including phenoxy) is 1. The highest BCUT2D eigenvalue weighted by Gasteiger charge is 2.22. The third kappa shape index (κ3) is 4.15. The van der Waals surface area contributed by atoms with Gasteiger partial charge >= 0.3 is 5.97 Å². The molecule has 1 fully saturated rings. The van der Waals surface area contributed by atoms with Gasteiger partial charge < -0.3 is 15.0 Å². The van der Waals surface area contributed by atoms with Gasteiger partial charge in [-0.15, -0.1) is 0 Å². The highest BCUT2D eigenvalue weighted by atomic mass is 16.5. The maximum atomic E-state index is 12.5. The van der Waals surface area contributed by atoms with Crippen molar-refractivity contribution in [1.82, 2.24) is 30.2 Å². The van der Waals surface area contributed by atoms with E-state index in [0.29, 0.717) is 24.3 Å². The first-order chi connectivity index (χ1) is 17.1. The SMILES string of the molecule is Cc1cccc(-c2[nH]cnc2-c2ccc3ncc(-c4cc(C(=O)OC5CNC5)ccn4)cc3c2)n1. The Hall–Kier alpha value is -4.43. The van der Waals surface area contributed by atoms with Crippen molar-refractivity contribution >= 4 is 16.9 Å². The fourth-order valence-electron chi connectivity index (χ4n) is 4.09. The summed E-state index contributed by atoms with van der Waals surface area (Å²) in [5.41, 5.74) is 7.24. The minimum Gasteiger partial charge on any atom is -0.456 e. The second-order valence-electron chi connectivity index (χ2n) is 8.54. The molecule has 0 spiro atoms. The fraction of sp³-hybridized carbons (Fsp3) is 0.148. The zero-order valence-electron chi connectivity index (χ0n) is 19.0. The summed E-state index contributed by atoms with van der Waals surface area (Å²) in [5.74, 6) is -0.341. The molecule has 1 aliphatic rings. The standard InChI is InChI=1S/C27H22N6O2/c1-16-3-2-4-23(33-16)26-25(31-15-32-26)17-5-6-22-19(9-17)10-20(12-30-22)24-11-18(7-8-29-24)27(34)35-21-13-28-14-21/h2-12,15,21,28H,13-14H2,1H3,(H,31,32). The Labute approximate surface area is 201 Å². The summed E-state index contributed by atoms with van der Waals surface area (Å²) in [6.07, 6.45) is 5.01. The Balaban J connectivity index is 1.34. The summed E-state index contributed by atoms with van der Waals surface area (Å²) < 4.78 is 5.49. The molecule has 1 aliphatic heterocycles. The Morgan fingerprint density at radius 2 is 1.86 bits per heavy atom. The third-order valence-corrected chi connectivity index (χ3v) is 6.05. The molecule has 0 bridgehead atoms. The normalized spacial score (nSPS) is 13.5. The summed E-state index contributed by atoms with van der Waals surface area (Å²) in [7, 11) is 0. The number of aryl methyl sites for hydroxylation is 1. The average Bonchev–Trinajstić information content (AvgIpc) is 3.36. The number of H-pyrrole nitrogens is 1. The van der Waals surface area contributed by atoms with E-state index < -0.39 is 0 Å². The number of aromatic amines is 1.